The van der Waals surface area contributed by atoms with Crippen molar-refractivity contribution in [3.63, 3.8) is 0 Å². The van der Waals surface area contributed by atoms with Gasteiger partial charge in [-0.05, 0) is 54.1 Å². The summed E-state index contributed by atoms with van der Waals surface area (Å²) >= 11 is 4.72. The Balaban J connectivity index is 1.16. The number of ether oxygens (including phenoxy) is 1. The number of hydrogen-bond acceptors (Lipinski definition) is 6. The molecule has 9 heteroatoms. The Morgan fingerprint density at radius 3 is 2.19 bits per heavy atom. The van der Waals surface area contributed by atoms with Crippen molar-refractivity contribution < 1.29 is 4.74 Å². The van der Waals surface area contributed by atoms with Gasteiger partial charge in [-0.15, -0.1) is 5.10 Å². The summed E-state index contributed by atoms with van der Waals surface area (Å²) in [6.45, 7) is 0.181. The van der Waals surface area contributed by atoms with Crippen molar-refractivity contribution in [2.75, 3.05) is 0 Å². The van der Waals surface area contributed by atoms with Crippen LogP contribution in [0.25, 0.3) is 39.2 Å². The third-order valence-electron chi connectivity index (χ3n) is 6.69. The Morgan fingerprint density at radius 2 is 1.50 bits per heavy atom. The lowest BCUT2D eigenvalue weighted by molar-refractivity contribution is 0.296. The lowest BCUT2D eigenvalue weighted by atomic mass is 10.1. The normalized spacial score (nSPS) is 11.8. The lowest BCUT2D eigenvalue weighted by Gasteiger charge is -2.08. The Morgan fingerprint density at radius 1 is 0.810 bits per heavy atom. The Kier molecular flexibility index (Phi) is 6.95. The van der Waals surface area contributed by atoms with E-state index in [1.54, 1.807) is 0 Å². The van der Waals surface area contributed by atoms with Gasteiger partial charge in [-0.2, -0.15) is 14.6 Å². The van der Waals surface area contributed by atoms with E-state index >= 15 is 0 Å². The van der Waals surface area contributed by atoms with Gasteiger partial charge in [-0.1, -0.05) is 100 Å². The van der Waals surface area contributed by atoms with E-state index in [9.17, 15) is 4.79 Å². The Hall–Kier alpha value is -4.86. The first-order chi connectivity index (χ1) is 20.6. The zero-order valence-electron chi connectivity index (χ0n) is 22.1. The van der Waals surface area contributed by atoms with E-state index in [-0.39, 0.29) is 12.2 Å². The number of hydrogen-bond donors (Lipinski definition) is 0. The number of fused-ring (bicyclic) bond motifs is 1. The number of benzene rings is 4. The molecule has 7 aromatic rings. The molecule has 0 aliphatic heterocycles. The lowest BCUT2D eigenvalue weighted by Crippen LogP contribution is -2.23. The van der Waals surface area contributed by atoms with Crippen LogP contribution in [-0.4, -0.2) is 24.4 Å². The van der Waals surface area contributed by atoms with Gasteiger partial charge in [0.1, 0.15) is 12.4 Å². The molecule has 0 amide bonds. The highest BCUT2D eigenvalue weighted by Gasteiger charge is 2.14. The molecule has 0 saturated heterocycles. The Labute approximate surface area is 253 Å². The average Bonchev–Trinajstić information content (AvgIpc) is 3.73. The van der Waals surface area contributed by atoms with Crippen LogP contribution in [0.15, 0.2) is 125 Å². The van der Waals surface area contributed by atoms with E-state index in [0.29, 0.717) is 21.1 Å². The summed E-state index contributed by atoms with van der Waals surface area (Å²) < 4.78 is 10.6. The van der Waals surface area contributed by atoms with Gasteiger partial charge in [0.2, 0.25) is 4.96 Å². The van der Waals surface area contributed by atoms with Crippen LogP contribution in [-0.2, 0) is 6.61 Å². The minimum atomic E-state index is -0.201. The monoisotopic (exact) mass is 631 g/mol. The number of thiazole rings is 1. The van der Waals surface area contributed by atoms with Gasteiger partial charge in [-0.25, -0.2) is 4.68 Å². The molecule has 7 rings (SSSR count). The van der Waals surface area contributed by atoms with Gasteiger partial charge < -0.3 is 4.74 Å². The smallest absolute Gasteiger partial charge is 0.291 e. The molecule has 0 aliphatic rings. The van der Waals surface area contributed by atoms with Crippen LogP contribution in [0, 0.1) is 0 Å². The van der Waals surface area contributed by atoms with Crippen LogP contribution in [0.5, 0.6) is 5.75 Å². The first kappa shape index (κ1) is 26.1. The fourth-order valence-corrected chi connectivity index (χ4v) is 5.81. The summed E-state index contributed by atoms with van der Waals surface area (Å²) in [7, 11) is 0. The third kappa shape index (κ3) is 5.27. The highest BCUT2D eigenvalue weighted by atomic mass is 79.9. The average molecular weight is 633 g/mol. The fourth-order valence-electron chi connectivity index (χ4n) is 4.62. The minimum absolute atomic E-state index is 0.181. The third-order valence-corrected chi connectivity index (χ3v) is 8.18. The van der Waals surface area contributed by atoms with Gasteiger partial charge in [-0.3, -0.25) is 4.79 Å². The molecule has 42 heavy (non-hydrogen) atoms. The maximum absolute atomic E-state index is 13.1. The minimum Gasteiger partial charge on any atom is -0.486 e. The second-order valence-corrected chi connectivity index (χ2v) is 11.5. The second kappa shape index (κ2) is 11.2. The molecule has 204 valence electrons. The summed E-state index contributed by atoms with van der Waals surface area (Å²) in [4.78, 5) is 18.1. The van der Waals surface area contributed by atoms with E-state index in [4.69, 9.17) is 9.84 Å². The largest absolute Gasteiger partial charge is 0.486 e. The van der Waals surface area contributed by atoms with Crippen molar-refractivity contribution in [1.82, 2.24) is 24.4 Å². The van der Waals surface area contributed by atoms with E-state index < -0.39 is 0 Å². The second-order valence-electron chi connectivity index (χ2n) is 9.53. The molecule has 3 aromatic heterocycles. The van der Waals surface area contributed by atoms with Crippen LogP contribution in [0.4, 0.5) is 0 Å². The maximum Gasteiger partial charge on any atom is 0.291 e. The standard InChI is InChI=1S/C33H22BrN5O2S/c34-25-13-17-27(18-14-25)41-21-31-35-33-39(37-31)32(40)30(42-33)19-22-11-15-26(16-12-22)38-29(24-9-5-2-6-10-24)20-28(36-38)23-7-3-1-4-8-23/h1-20H,21H2/b30-19-. The van der Waals surface area contributed by atoms with Crippen LogP contribution in [0.1, 0.15) is 11.4 Å². The molecule has 0 fully saturated rings. The van der Waals surface area contributed by atoms with E-state index in [1.165, 1.54) is 15.9 Å². The quantitative estimate of drug-likeness (QED) is 0.199. The van der Waals surface area contributed by atoms with Crippen LogP contribution < -0.4 is 14.8 Å². The molecule has 0 aliphatic carbocycles. The zero-order chi connectivity index (χ0) is 28.5. The van der Waals surface area contributed by atoms with Gasteiger partial charge in [0.15, 0.2) is 5.82 Å². The molecule has 0 bridgehead atoms. The first-order valence-corrected chi connectivity index (χ1v) is 14.8. The molecule has 4 aromatic carbocycles. The van der Waals surface area contributed by atoms with Gasteiger partial charge in [0.25, 0.3) is 5.56 Å². The van der Waals surface area contributed by atoms with Crippen molar-refractivity contribution >= 4 is 38.3 Å². The van der Waals surface area contributed by atoms with Crippen molar-refractivity contribution in [2.24, 2.45) is 0 Å². The summed E-state index contributed by atoms with van der Waals surface area (Å²) in [5, 5.41) is 9.31. The SMILES string of the molecule is O=c1/c(=C/c2ccc(-n3nc(-c4ccccc4)cc3-c3ccccc3)cc2)sc2nc(COc3ccc(Br)cc3)nn12. The molecule has 0 unspecified atom stereocenters. The number of aromatic nitrogens is 5. The molecule has 0 spiro atoms. The molecule has 0 saturated carbocycles. The van der Waals surface area contributed by atoms with Crippen molar-refractivity contribution in [3.05, 3.63) is 146 Å². The van der Waals surface area contributed by atoms with Crippen molar-refractivity contribution in [2.45, 2.75) is 6.61 Å². The van der Waals surface area contributed by atoms with E-state index in [0.717, 1.165) is 38.2 Å². The highest BCUT2D eigenvalue weighted by molar-refractivity contribution is 9.10. The molecule has 0 radical (unpaired) electrons. The molecular formula is C33H22BrN5O2S. The highest BCUT2D eigenvalue weighted by Crippen LogP contribution is 2.29. The predicted molar refractivity (Wildman–Crippen MR) is 169 cm³/mol. The zero-order valence-corrected chi connectivity index (χ0v) is 24.5. The van der Waals surface area contributed by atoms with E-state index in [1.807, 2.05) is 95.7 Å². The summed E-state index contributed by atoms with van der Waals surface area (Å²) in [5.74, 6) is 1.17. The van der Waals surface area contributed by atoms with E-state index in [2.05, 4.69) is 56.3 Å². The van der Waals surface area contributed by atoms with Crippen molar-refractivity contribution in [1.29, 1.82) is 0 Å². The number of halogens is 1. The molecule has 3 heterocycles. The van der Waals surface area contributed by atoms with Crippen LogP contribution in [0.3, 0.4) is 0 Å². The summed E-state index contributed by atoms with van der Waals surface area (Å²) in [6.07, 6.45) is 1.86. The topological polar surface area (TPSA) is 74.3 Å². The maximum atomic E-state index is 13.1. The molecule has 0 atom stereocenters. The molecule has 7 nitrogen and oxygen atoms in total. The fraction of sp³-hybridized carbons (Fsp3) is 0.0303. The first-order valence-electron chi connectivity index (χ1n) is 13.2. The molecule has 0 N–H and O–H groups in total. The number of rotatable bonds is 7. The van der Waals surface area contributed by atoms with Gasteiger partial charge in [0, 0.05) is 15.6 Å². The van der Waals surface area contributed by atoms with Gasteiger partial charge in [0.05, 0.1) is 21.6 Å². The predicted octanol–water partition coefficient (Wildman–Crippen LogP) is 6.56. The van der Waals surface area contributed by atoms with Gasteiger partial charge >= 0.3 is 0 Å². The van der Waals surface area contributed by atoms with Crippen LogP contribution >= 0.6 is 27.3 Å². The summed E-state index contributed by atoms with van der Waals surface area (Å²) in [5.41, 5.74) is 5.66. The molecular weight excluding hydrogens is 610 g/mol. The van der Waals surface area contributed by atoms with Crippen LogP contribution in [0.2, 0.25) is 0 Å². The number of nitrogens with zero attached hydrogens (tertiary/aromatic N) is 5. The Bertz CT molecular complexity index is 2100. The summed E-state index contributed by atoms with van der Waals surface area (Å²) in [6, 6.07) is 38.0. The van der Waals surface area contributed by atoms with Crippen molar-refractivity contribution in [3.8, 4) is 34.0 Å².